The second-order valence-corrected chi connectivity index (χ2v) is 24.8. The third-order valence-electron chi connectivity index (χ3n) is 4.81. The van der Waals surface area contributed by atoms with Crippen LogP contribution >= 0.6 is 0 Å². The highest BCUT2D eigenvalue weighted by Crippen LogP contribution is 2.34. The molecule has 1 aromatic carbocycles. The molecular weight excluding hydrogens is 471 g/mol. The van der Waals surface area contributed by atoms with Gasteiger partial charge in [0.15, 0.2) is 31.2 Å². The molecule has 1 aromatic rings. The van der Waals surface area contributed by atoms with Gasteiger partial charge in [-0.3, -0.25) is 0 Å². The van der Waals surface area contributed by atoms with E-state index in [-0.39, 0.29) is 12.2 Å². The summed E-state index contributed by atoms with van der Waals surface area (Å²) >= 11 is 0. The number of nitrogens with zero attached hydrogens (tertiary/aromatic N) is 3. The molecule has 3 unspecified atom stereocenters. The highest BCUT2D eigenvalue weighted by molar-refractivity contribution is 6.70. The molecule has 0 aromatic heterocycles. The van der Waals surface area contributed by atoms with Crippen molar-refractivity contribution in [2.45, 2.75) is 95.9 Å². The first-order valence-corrected chi connectivity index (χ1v) is 21.6. The molecule has 1 aliphatic rings. The van der Waals surface area contributed by atoms with E-state index in [2.05, 4.69) is 68.9 Å². The van der Waals surface area contributed by atoms with Gasteiger partial charge in [-0.1, -0.05) is 29.4 Å². The van der Waals surface area contributed by atoms with Crippen LogP contribution in [-0.4, -0.2) is 61.8 Å². The SMILES string of the molecule is C[Si](C)(C)OC1C(O[Si](C)(C)C)[C@@H](C=O)O[C@H](Cc2ccc(N=[N+]=[N-])cc2)C1O[Si](C)(C)C. The van der Waals surface area contributed by atoms with Crippen LogP contribution in [0, 0.1) is 0 Å². The van der Waals surface area contributed by atoms with Crippen molar-refractivity contribution >= 4 is 36.9 Å². The van der Waals surface area contributed by atoms with E-state index in [1.165, 1.54) is 0 Å². The van der Waals surface area contributed by atoms with Gasteiger partial charge >= 0.3 is 0 Å². The van der Waals surface area contributed by atoms with Crippen molar-refractivity contribution in [1.29, 1.82) is 0 Å². The summed E-state index contributed by atoms with van der Waals surface area (Å²) in [5.74, 6) is 0. The maximum absolute atomic E-state index is 12.2. The minimum atomic E-state index is -2.01. The molecule has 0 aliphatic carbocycles. The van der Waals surface area contributed by atoms with E-state index in [0.717, 1.165) is 11.8 Å². The standard InChI is InChI=1S/C22H39N3O5Si3/c1-31(2,3)28-20-18(14-16-10-12-17(13-11-16)24-25-23)27-19(15-26)21(29-32(4,5)6)22(20)30-33(7,8)9/h10-13,15,18-22H,14H2,1-9H3/t18-,19-,20?,21?,22?/m1/s1. The quantitative estimate of drug-likeness (QED) is 0.130. The summed E-state index contributed by atoms with van der Waals surface area (Å²) in [4.78, 5) is 15.0. The van der Waals surface area contributed by atoms with Gasteiger partial charge in [0.2, 0.25) is 0 Å². The predicted molar refractivity (Wildman–Crippen MR) is 138 cm³/mol. The minimum Gasteiger partial charge on any atom is -0.409 e. The molecule has 1 fully saturated rings. The van der Waals surface area contributed by atoms with Gasteiger partial charge in [-0.15, -0.1) is 0 Å². The lowest BCUT2D eigenvalue weighted by molar-refractivity contribution is -0.201. The van der Waals surface area contributed by atoms with Crippen molar-refractivity contribution in [3.63, 3.8) is 0 Å². The number of azide groups is 1. The number of carbonyl (C=O) groups excluding carboxylic acids is 1. The Balaban J connectivity index is 2.48. The van der Waals surface area contributed by atoms with Crippen LogP contribution in [0.2, 0.25) is 58.9 Å². The molecule has 1 heterocycles. The van der Waals surface area contributed by atoms with E-state index >= 15 is 0 Å². The second-order valence-electron chi connectivity index (χ2n) is 11.4. The average Bonchev–Trinajstić information content (AvgIpc) is 2.65. The topological polar surface area (TPSA) is 103 Å². The van der Waals surface area contributed by atoms with E-state index in [9.17, 15) is 4.79 Å². The van der Waals surface area contributed by atoms with Crippen LogP contribution in [0.4, 0.5) is 5.69 Å². The first-order chi connectivity index (χ1) is 15.1. The molecule has 1 aliphatic heterocycles. The Morgan fingerprint density at radius 1 is 0.879 bits per heavy atom. The Labute approximate surface area is 201 Å². The zero-order chi connectivity index (χ0) is 25.0. The number of hydrogen-bond donors (Lipinski definition) is 0. The number of carbonyl (C=O) groups is 1. The van der Waals surface area contributed by atoms with Gasteiger partial charge in [0.1, 0.15) is 18.3 Å². The first-order valence-electron chi connectivity index (χ1n) is 11.4. The fourth-order valence-corrected chi connectivity index (χ4v) is 7.11. The van der Waals surface area contributed by atoms with Gasteiger partial charge in [0, 0.05) is 17.0 Å². The van der Waals surface area contributed by atoms with E-state index in [0.29, 0.717) is 12.1 Å². The normalized spacial score (nSPS) is 26.5. The fraction of sp³-hybridized carbons (Fsp3) is 0.682. The Kier molecular flexibility index (Phi) is 9.27. The summed E-state index contributed by atoms with van der Waals surface area (Å²) in [6, 6.07) is 7.37. The molecule has 33 heavy (non-hydrogen) atoms. The van der Waals surface area contributed by atoms with Crippen LogP contribution in [0.3, 0.4) is 0 Å². The molecule has 0 radical (unpaired) electrons. The molecule has 0 saturated carbocycles. The van der Waals surface area contributed by atoms with Gasteiger partial charge < -0.3 is 22.8 Å². The molecule has 11 heteroatoms. The molecule has 1 saturated heterocycles. The minimum absolute atomic E-state index is 0.363. The number of rotatable bonds is 10. The number of hydrogen-bond acceptors (Lipinski definition) is 6. The fourth-order valence-electron chi connectivity index (χ4n) is 3.83. The second kappa shape index (κ2) is 11.0. The van der Waals surface area contributed by atoms with Gasteiger partial charge in [-0.2, -0.15) is 0 Å². The molecule has 5 atom stereocenters. The maximum Gasteiger partial charge on any atom is 0.184 e. The third kappa shape index (κ3) is 9.10. The van der Waals surface area contributed by atoms with Crippen molar-refractivity contribution in [1.82, 2.24) is 0 Å². The molecule has 0 N–H and O–H groups in total. The maximum atomic E-state index is 12.2. The van der Waals surface area contributed by atoms with Gasteiger partial charge in [-0.05, 0) is 70.0 Å². The predicted octanol–water partition coefficient (Wildman–Crippen LogP) is 5.80. The van der Waals surface area contributed by atoms with Crippen molar-refractivity contribution < 1.29 is 22.8 Å². The van der Waals surface area contributed by atoms with Crippen LogP contribution in [0.25, 0.3) is 10.4 Å². The molecule has 8 nitrogen and oxygen atoms in total. The summed E-state index contributed by atoms with van der Waals surface area (Å²) in [7, 11) is -6.01. The number of benzene rings is 1. The average molecular weight is 510 g/mol. The zero-order valence-corrected chi connectivity index (χ0v) is 24.4. The monoisotopic (exact) mass is 509 g/mol. The summed E-state index contributed by atoms with van der Waals surface area (Å²) in [6.07, 6.45) is -0.989. The van der Waals surface area contributed by atoms with E-state index in [4.69, 9.17) is 23.5 Å². The first kappa shape index (κ1) is 27.9. The molecule has 2 rings (SSSR count). The molecule has 0 bridgehead atoms. The highest BCUT2D eigenvalue weighted by Gasteiger charge is 2.51. The molecule has 0 spiro atoms. The van der Waals surface area contributed by atoms with Gasteiger partial charge in [0.05, 0.1) is 12.2 Å². The lowest BCUT2D eigenvalue weighted by Crippen LogP contribution is -2.65. The number of aldehydes is 1. The summed E-state index contributed by atoms with van der Waals surface area (Å²) in [5, 5.41) is 3.64. The lowest BCUT2D eigenvalue weighted by atomic mass is 9.92. The third-order valence-corrected chi connectivity index (χ3v) is 7.74. The van der Waals surface area contributed by atoms with Crippen molar-refractivity contribution in [2.24, 2.45) is 5.11 Å². The van der Waals surface area contributed by atoms with Gasteiger partial charge in [-0.25, -0.2) is 0 Å². The van der Waals surface area contributed by atoms with Gasteiger partial charge in [0.25, 0.3) is 0 Å². The summed E-state index contributed by atoms with van der Waals surface area (Å²) < 4.78 is 26.2. The Morgan fingerprint density at radius 2 is 1.36 bits per heavy atom. The van der Waals surface area contributed by atoms with Crippen LogP contribution in [0.15, 0.2) is 29.4 Å². The molecular formula is C22H39N3O5Si3. The van der Waals surface area contributed by atoms with Crippen LogP contribution in [0.1, 0.15) is 5.56 Å². The van der Waals surface area contributed by atoms with Crippen LogP contribution in [0.5, 0.6) is 0 Å². The van der Waals surface area contributed by atoms with Crippen LogP contribution < -0.4 is 0 Å². The number of ether oxygens (including phenoxy) is 1. The van der Waals surface area contributed by atoms with E-state index in [1.54, 1.807) is 12.1 Å². The highest BCUT2D eigenvalue weighted by atomic mass is 28.4. The van der Waals surface area contributed by atoms with Crippen molar-refractivity contribution in [3.05, 3.63) is 40.3 Å². The smallest absolute Gasteiger partial charge is 0.184 e. The van der Waals surface area contributed by atoms with Crippen LogP contribution in [-0.2, 0) is 29.2 Å². The van der Waals surface area contributed by atoms with Crippen molar-refractivity contribution in [2.75, 3.05) is 0 Å². The largest absolute Gasteiger partial charge is 0.409 e. The lowest BCUT2D eigenvalue weighted by Gasteiger charge is -2.50. The zero-order valence-electron chi connectivity index (χ0n) is 21.4. The molecule has 184 valence electrons. The van der Waals surface area contributed by atoms with Crippen molar-refractivity contribution in [3.8, 4) is 0 Å². The Hall–Kier alpha value is -1.31. The van der Waals surface area contributed by atoms with E-state index in [1.807, 2.05) is 12.1 Å². The summed E-state index contributed by atoms with van der Waals surface area (Å²) in [6.45, 7) is 19.2. The molecule has 0 amide bonds. The Morgan fingerprint density at radius 3 is 1.82 bits per heavy atom. The summed E-state index contributed by atoms with van der Waals surface area (Å²) in [5.41, 5.74) is 10.2. The van der Waals surface area contributed by atoms with E-state index < -0.39 is 43.3 Å². The Bertz CT molecular complexity index is 843.